The van der Waals surface area contributed by atoms with E-state index in [0.717, 1.165) is 5.56 Å². The van der Waals surface area contributed by atoms with E-state index in [-0.39, 0.29) is 17.9 Å². The van der Waals surface area contributed by atoms with Crippen molar-refractivity contribution in [3.05, 3.63) is 18.0 Å². The van der Waals surface area contributed by atoms with Crippen LogP contribution in [0.4, 0.5) is 0 Å². The van der Waals surface area contributed by atoms with E-state index in [4.69, 9.17) is 4.74 Å². The molecule has 0 spiro atoms. The molecule has 0 aliphatic heterocycles. The van der Waals surface area contributed by atoms with Crippen LogP contribution in [-0.2, 0) is 9.53 Å². The standard InChI is InChI=1S/C11H18N2O2/c1-5-15-11(14)10(8(2)3)13-7-9(4)6-12-13/h6-8,10H,5H2,1-4H3. The summed E-state index contributed by atoms with van der Waals surface area (Å²) >= 11 is 0. The Morgan fingerprint density at radius 1 is 1.60 bits per heavy atom. The monoisotopic (exact) mass is 210 g/mol. The van der Waals surface area contributed by atoms with Gasteiger partial charge in [0.05, 0.1) is 12.8 Å². The molecule has 0 radical (unpaired) electrons. The smallest absolute Gasteiger partial charge is 0.331 e. The van der Waals surface area contributed by atoms with Crippen LogP contribution in [0.5, 0.6) is 0 Å². The maximum Gasteiger partial charge on any atom is 0.331 e. The number of hydrogen-bond acceptors (Lipinski definition) is 3. The quantitative estimate of drug-likeness (QED) is 0.713. The van der Waals surface area contributed by atoms with E-state index in [1.165, 1.54) is 0 Å². The third kappa shape index (κ3) is 2.81. The van der Waals surface area contributed by atoms with Gasteiger partial charge in [-0.15, -0.1) is 0 Å². The minimum atomic E-state index is -0.321. The molecule has 0 saturated heterocycles. The molecular weight excluding hydrogens is 192 g/mol. The van der Waals surface area contributed by atoms with Crippen LogP contribution in [0.2, 0.25) is 0 Å². The Morgan fingerprint density at radius 3 is 2.67 bits per heavy atom. The topological polar surface area (TPSA) is 44.1 Å². The number of carbonyl (C=O) groups is 1. The van der Waals surface area contributed by atoms with Gasteiger partial charge in [-0.1, -0.05) is 13.8 Å². The van der Waals surface area contributed by atoms with Crippen LogP contribution in [0.25, 0.3) is 0 Å². The molecule has 4 heteroatoms. The fourth-order valence-corrected chi connectivity index (χ4v) is 1.50. The minimum absolute atomic E-state index is 0.170. The molecule has 1 rings (SSSR count). The summed E-state index contributed by atoms with van der Waals surface area (Å²) in [5.74, 6) is -0.0426. The van der Waals surface area contributed by atoms with Crippen molar-refractivity contribution >= 4 is 5.97 Å². The van der Waals surface area contributed by atoms with Crippen LogP contribution in [0.1, 0.15) is 32.4 Å². The Kier molecular flexibility index (Phi) is 3.88. The molecule has 1 heterocycles. The first-order valence-electron chi connectivity index (χ1n) is 5.23. The predicted octanol–water partition coefficient (Wildman–Crippen LogP) is 1.95. The molecule has 1 atom stereocenters. The first-order chi connectivity index (χ1) is 7.06. The highest BCUT2D eigenvalue weighted by atomic mass is 16.5. The maximum atomic E-state index is 11.7. The van der Waals surface area contributed by atoms with E-state index in [0.29, 0.717) is 6.61 Å². The number of rotatable bonds is 4. The highest BCUT2D eigenvalue weighted by Crippen LogP contribution is 2.18. The van der Waals surface area contributed by atoms with Crippen molar-refractivity contribution in [1.82, 2.24) is 9.78 Å². The van der Waals surface area contributed by atoms with Crippen molar-refractivity contribution in [1.29, 1.82) is 0 Å². The lowest BCUT2D eigenvalue weighted by molar-refractivity contribution is -0.149. The molecular formula is C11H18N2O2. The maximum absolute atomic E-state index is 11.7. The van der Waals surface area contributed by atoms with Gasteiger partial charge in [-0.25, -0.2) is 4.79 Å². The van der Waals surface area contributed by atoms with Gasteiger partial charge in [0.25, 0.3) is 0 Å². The molecule has 4 nitrogen and oxygen atoms in total. The van der Waals surface area contributed by atoms with Crippen molar-refractivity contribution < 1.29 is 9.53 Å². The molecule has 15 heavy (non-hydrogen) atoms. The van der Waals surface area contributed by atoms with E-state index < -0.39 is 0 Å². The fourth-order valence-electron chi connectivity index (χ4n) is 1.50. The Bertz CT molecular complexity index is 331. The second-order valence-electron chi connectivity index (χ2n) is 3.94. The number of carbonyl (C=O) groups excluding carboxylic acids is 1. The second kappa shape index (κ2) is 4.96. The van der Waals surface area contributed by atoms with Gasteiger partial charge in [0.2, 0.25) is 0 Å². The van der Waals surface area contributed by atoms with E-state index in [1.807, 2.05) is 33.9 Å². The van der Waals surface area contributed by atoms with Crippen molar-refractivity contribution in [2.45, 2.75) is 33.7 Å². The van der Waals surface area contributed by atoms with Crippen molar-refractivity contribution in [2.24, 2.45) is 5.92 Å². The predicted molar refractivity (Wildman–Crippen MR) is 57.5 cm³/mol. The lowest BCUT2D eigenvalue weighted by atomic mass is 10.1. The Balaban J connectivity index is 2.88. The molecule has 0 N–H and O–H groups in total. The Hall–Kier alpha value is -1.32. The van der Waals surface area contributed by atoms with Crippen LogP contribution >= 0.6 is 0 Å². The van der Waals surface area contributed by atoms with Gasteiger partial charge >= 0.3 is 5.97 Å². The first kappa shape index (κ1) is 11.8. The van der Waals surface area contributed by atoms with Gasteiger partial charge in [-0.05, 0) is 25.3 Å². The van der Waals surface area contributed by atoms with Gasteiger partial charge in [-0.3, -0.25) is 4.68 Å². The zero-order chi connectivity index (χ0) is 11.4. The molecule has 0 fully saturated rings. The first-order valence-corrected chi connectivity index (χ1v) is 5.23. The summed E-state index contributed by atoms with van der Waals surface area (Å²) in [4.78, 5) is 11.7. The largest absolute Gasteiger partial charge is 0.464 e. The molecule has 0 aromatic carbocycles. The molecule has 1 aromatic rings. The molecule has 0 saturated carbocycles. The number of esters is 1. The van der Waals surface area contributed by atoms with Crippen LogP contribution in [0.3, 0.4) is 0 Å². The SMILES string of the molecule is CCOC(=O)C(C(C)C)n1cc(C)cn1. The molecule has 0 amide bonds. The van der Waals surface area contributed by atoms with Crippen LogP contribution in [-0.4, -0.2) is 22.4 Å². The van der Waals surface area contributed by atoms with E-state index in [1.54, 1.807) is 10.9 Å². The number of aromatic nitrogens is 2. The van der Waals surface area contributed by atoms with Crippen LogP contribution < -0.4 is 0 Å². The average molecular weight is 210 g/mol. The highest BCUT2D eigenvalue weighted by Gasteiger charge is 2.25. The van der Waals surface area contributed by atoms with E-state index >= 15 is 0 Å². The number of hydrogen-bond donors (Lipinski definition) is 0. The van der Waals surface area contributed by atoms with Crippen LogP contribution in [0.15, 0.2) is 12.4 Å². The van der Waals surface area contributed by atoms with Crippen molar-refractivity contribution in [3.8, 4) is 0 Å². The number of nitrogens with zero attached hydrogens (tertiary/aromatic N) is 2. The van der Waals surface area contributed by atoms with Gasteiger partial charge in [0, 0.05) is 6.20 Å². The van der Waals surface area contributed by atoms with Gasteiger partial charge < -0.3 is 4.74 Å². The number of aryl methyl sites for hydroxylation is 1. The third-order valence-electron chi connectivity index (χ3n) is 2.18. The highest BCUT2D eigenvalue weighted by molar-refractivity contribution is 5.74. The summed E-state index contributed by atoms with van der Waals surface area (Å²) in [6, 6.07) is -0.321. The van der Waals surface area contributed by atoms with Gasteiger partial charge in [0.15, 0.2) is 6.04 Å². The van der Waals surface area contributed by atoms with Crippen molar-refractivity contribution in [2.75, 3.05) is 6.61 Å². The number of ether oxygens (including phenoxy) is 1. The average Bonchev–Trinajstić information content (AvgIpc) is 2.51. The summed E-state index contributed by atoms with van der Waals surface area (Å²) in [6.07, 6.45) is 3.61. The summed E-state index contributed by atoms with van der Waals surface area (Å²) in [6.45, 7) is 8.13. The summed E-state index contributed by atoms with van der Waals surface area (Å²) in [7, 11) is 0. The minimum Gasteiger partial charge on any atom is -0.464 e. The van der Waals surface area contributed by atoms with Crippen LogP contribution in [0, 0.1) is 12.8 Å². The Labute approximate surface area is 90.2 Å². The molecule has 0 aliphatic rings. The van der Waals surface area contributed by atoms with Gasteiger partial charge in [-0.2, -0.15) is 5.10 Å². The Morgan fingerprint density at radius 2 is 2.27 bits per heavy atom. The normalized spacial score (nSPS) is 12.9. The van der Waals surface area contributed by atoms with E-state index in [2.05, 4.69) is 5.10 Å². The molecule has 84 valence electrons. The molecule has 0 bridgehead atoms. The zero-order valence-electron chi connectivity index (χ0n) is 9.73. The lowest BCUT2D eigenvalue weighted by Crippen LogP contribution is -2.26. The summed E-state index contributed by atoms with van der Waals surface area (Å²) in [5, 5.41) is 4.16. The third-order valence-corrected chi connectivity index (χ3v) is 2.18. The molecule has 1 aromatic heterocycles. The molecule has 1 unspecified atom stereocenters. The second-order valence-corrected chi connectivity index (χ2v) is 3.94. The van der Waals surface area contributed by atoms with E-state index in [9.17, 15) is 4.79 Å². The lowest BCUT2D eigenvalue weighted by Gasteiger charge is -2.19. The molecule has 0 aliphatic carbocycles. The summed E-state index contributed by atoms with van der Waals surface area (Å²) in [5.41, 5.74) is 1.05. The fraction of sp³-hybridized carbons (Fsp3) is 0.636. The van der Waals surface area contributed by atoms with Crippen molar-refractivity contribution in [3.63, 3.8) is 0 Å². The zero-order valence-corrected chi connectivity index (χ0v) is 9.73. The summed E-state index contributed by atoms with van der Waals surface area (Å²) < 4.78 is 6.71. The van der Waals surface area contributed by atoms with Gasteiger partial charge in [0.1, 0.15) is 0 Å².